The monoisotopic (exact) mass is 416 g/mol. The Labute approximate surface area is 179 Å². The van der Waals surface area contributed by atoms with Gasteiger partial charge in [-0.25, -0.2) is 0 Å². The minimum atomic E-state index is -0.365. The lowest BCUT2D eigenvalue weighted by molar-refractivity contribution is -0.203. The van der Waals surface area contributed by atoms with Gasteiger partial charge in [-0.05, 0) is 79.6 Å². The van der Waals surface area contributed by atoms with Gasteiger partial charge in [0.25, 0.3) is 0 Å². The quantitative estimate of drug-likeness (QED) is 0.485. The van der Waals surface area contributed by atoms with E-state index in [4.69, 9.17) is 9.47 Å². The van der Waals surface area contributed by atoms with Gasteiger partial charge in [0.2, 0.25) is 0 Å². The molecule has 4 fully saturated rings. The maximum Gasteiger partial charge on any atom is 0.303 e. The number of hydrogen-bond donors (Lipinski definition) is 0. The van der Waals surface area contributed by atoms with E-state index in [-0.39, 0.29) is 40.9 Å². The van der Waals surface area contributed by atoms with Crippen molar-refractivity contribution in [2.24, 2.45) is 34.5 Å². The van der Waals surface area contributed by atoms with Crippen LogP contribution in [0.4, 0.5) is 0 Å². The lowest BCUT2D eigenvalue weighted by Crippen LogP contribution is -2.59. The molecule has 0 aromatic heterocycles. The van der Waals surface area contributed by atoms with Crippen molar-refractivity contribution >= 4 is 17.7 Å². The summed E-state index contributed by atoms with van der Waals surface area (Å²) in [4.78, 5) is 36.3. The van der Waals surface area contributed by atoms with Crippen LogP contribution >= 0.6 is 0 Å². The van der Waals surface area contributed by atoms with E-state index in [1.165, 1.54) is 13.8 Å². The van der Waals surface area contributed by atoms with Gasteiger partial charge in [-0.3, -0.25) is 14.4 Å². The van der Waals surface area contributed by atoms with Crippen molar-refractivity contribution in [3.63, 3.8) is 0 Å². The first-order valence-electron chi connectivity index (χ1n) is 11.7. The maximum atomic E-state index is 12.8. The molecule has 4 saturated carbocycles. The molecule has 4 aliphatic rings. The molecular weight excluding hydrogens is 380 g/mol. The average Bonchev–Trinajstić information content (AvgIpc) is 2.92. The number of hydrogen-bond acceptors (Lipinski definition) is 5. The molecule has 0 heterocycles. The lowest BCUT2D eigenvalue weighted by atomic mass is 9.44. The Morgan fingerprint density at radius 2 is 1.63 bits per heavy atom. The Hall–Kier alpha value is -1.65. The molecule has 0 N–H and O–H groups in total. The molecule has 0 aromatic rings. The summed E-state index contributed by atoms with van der Waals surface area (Å²) < 4.78 is 11.4. The van der Waals surface area contributed by atoms with E-state index in [9.17, 15) is 14.4 Å². The summed E-state index contributed by atoms with van der Waals surface area (Å²) in [6.45, 7) is 9.54. The highest BCUT2D eigenvalue weighted by Crippen LogP contribution is 2.67. The van der Waals surface area contributed by atoms with Crippen molar-refractivity contribution in [3.8, 4) is 0 Å². The first-order chi connectivity index (χ1) is 14.1. The van der Waals surface area contributed by atoms with Crippen LogP contribution in [0.15, 0.2) is 11.6 Å². The Kier molecular flexibility index (Phi) is 5.39. The fourth-order valence-corrected chi connectivity index (χ4v) is 8.11. The van der Waals surface area contributed by atoms with Crippen molar-refractivity contribution in [2.45, 2.75) is 91.8 Å². The number of fused-ring (bicyclic) bond motifs is 5. The molecule has 0 aliphatic heterocycles. The molecule has 166 valence electrons. The zero-order valence-corrected chi connectivity index (χ0v) is 19.0. The SMILES string of the molecule is C/C=C1/C(=O)C[C@@H]2[C@@H]3CC[C@H]4[C@@H](OC(C)=O)[C@@H](OC(C)=O)CC[C@]4(C)[C@@H]3CC[C@]12C. The zero-order chi connectivity index (χ0) is 21.8. The molecule has 0 unspecified atom stereocenters. The van der Waals surface area contributed by atoms with Crippen LogP contribution in [0.2, 0.25) is 0 Å². The smallest absolute Gasteiger partial charge is 0.303 e. The summed E-state index contributed by atoms with van der Waals surface area (Å²) in [5.41, 5.74) is 1.11. The molecule has 4 rings (SSSR count). The van der Waals surface area contributed by atoms with E-state index < -0.39 is 0 Å². The highest BCUT2D eigenvalue weighted by atomic mass is 16.6. The first kappa shape index (κ1) is 21.6. The second-order valence-electron chi connectivity index (χ2n) is 10.6. The van der Waals surface area contributed by atoms with Crippen molar-refractivity contribution in [2.75, 3.05) is 0 Å². The highest BCUT2D eigenvalue weighted by Gasteiger charge is 2.63. The van der Waals surface area contributed by atoms with Gasteiger partial charge < -0.3 is 9.47 Å². The third-order valence-electron chi connectivity index (χ3n) is 9.29. The second kappa shape index (κ2) is 7.49. The fraction of sp³-hybridized carbons (Fsp3) is 0.800. The summed E-state index contributed by atoms with van der Waals surface area (Å²) in [7, 11) is 0. The molecule has 5 heteroatoms. The van der Waals surface area contributed by atoms with Gasteiger partial charge in [0.05, 0.1) is 0 Å². The van der Waals surface area contributed by atoms with Gasteiger partial charge in [0, 0.05) is 26.2 Å². The van der Waals surface area contributed by atoms with Crippen LogP contribution in [-0.2, 0) is 23.9 Å². The van der Waals surface area contributed by atoms with Crippen molar-refractivity contribution in [1.29, 1.82) is 0 Å². The number of allylic oxidation sites excluding steroid dienone is 2. The molecule has 0 radical (unpaired) electrons. The van der Waals surface area contributed by atoms with E-state index >= 15 is 0 Å². The van der Waals surface area contributed by atoms with Crippen molar-refractivity contribution in [1.82, 2.24) is 0 Å². The Morgan fingerprint density at radius 3 is 2.27 bits per heavy atom. The third kappa shape index (κ3) is 3.15. The van der Waals surface area contributed by atoms with Crippen molar-refractivity contribution < 1.29 is 23.9 Å². The molecule has 0 aromatic carbocycles. The van der Waals surface area contributed by atoms with Crippen LogP contribution < -0.4 is 0 Å². The minimum absolute atomic E-state index is 0.0143. The lowest BCUT2D eigenvalue weighted by Gasteiger charge is -2.61. The first-order valence-corrected chi connectivity index (χ1v) is 11.7. The summed E-state index contributed by atoms with van der Waals surface area (Å²) in [6.07, 6.45) is 7.90. The van der Waals surface area contributed by atoms with Crippen LogP contribution in [0.1, 0.15) is 79.6 Å². The van der Waals surface area contributed by atoms with Crippen molar-refractivity contribution in [3.05, 3.63) is 11.6 Å². The number of esters is 2. The minimum Gasteiger partial charge on any atom is -0.459 e. The number of ketones is 1. The van der Waals surface area contributed by atoms with Gasteiger partial charge in [0.1, 0.15) is 12.2 Å². The summed E-state index contributed by atoms with van der Waals surface area (Å²) in [5, 5.41) is 0. The predicted molar refractivity (Wildman–Crippen MR) is 112 cm³/mol. The van der Waals surface area contributed by atoms with Crippen LogP contribution in [0.25, 0.3) is 0 Å². The Balaban J connectivity index is 1.64. The number of Topliss-reactive ketones (excluding diaryl/α,β-unsaturated/α-hetero) is 1. The van der Waals surface area contributed by atoms with Gasteiger partial charge in [0.15, 0.2) is 5.78 Å². The number of rotatable bonds is 2. The summed E-state index contributed by atoms with van der Waals surface area (Å²) in [6, 6.07) is 0. The van der Waals surface area contributed by atoms with E-state index in [2.05, 4.69) is 19.9 Å². The van der Waals surface area contributed by atoms with Crippen LogP contribution in [-0.4, -0.2) is 29.9 Å². The molecule has 4 aliphatic carbocycles. The van der Waals surface area contributed by atoms with Gasteiger partial charge in [-0.1, -0.05) is 19.9 Å². The molecule has 5 nitrogen and oxygen atoms in total. The van der Waals surface area contributed by atoms with E-state index in [0.29, 0.717) is 30.0 Å². The predicted octanol–water partition coefficient (Wildman–Crippen LogP) is 4.63. The third-order valence-corrected chi connectivity index (χ3v) is 9.29. The van der Waals surface area contributed by atoms with E-state index in [1.54, 1.807) is 0 Å². The largest absolute Gasteiger partial charge is 0.459 e. The van der Waals surface area contributed by atoms with Gasteiger partial charge in [-0.2, -0.15) is 0 Å². The molecule has 30 heavy (non-hydrogen) atoms. The molecular formula is C25H36O5. The normalized spacial score (nSPS) is 46.6. The Bertz CT molecular complexity index is 784. The summed E-state index contributed by atoms with van der Waals surface area (Å²) in [5.74, 6) is 1.40. The number of carbonyl (C=O) groups excluding carboxylic acids is 3. The fourth-order valence-electron chi connectivity index (χ4n) is 8.11. The molecule has 0 spiro atoms. The second-order valence-corrected chi connectivity index (χ2v) is 10.6. The molecule has 0 saturated heterocycles. The van der Waals surface area contributed by atoms with Gasteiger partial charge >= 0.3 is 11.9 Å². The van der Waals surface area contributed by atoms with Crippen LogP contribution in [0.5, 0.6) is 0 Å². The number of carbonyl (C=O) groups is 3. The summed E-state index contributed by atoms with van der Waals surface area (Å²) >= 11 is 0. The topological polar surface area (TPSA) is 69.7 Å². The highest BCUT2D eigenvalue weighted by molar-refractivity contribution is 5.99. The molecule has 8 atom stereocenters. The standard InChI is InChI=1S/C25H36O5/c1-6-17-21(28)13-20-16-7-8-19-23(30-15(3)27)22(29-14(2)26)10-12-25(19,5)18(16)9-11-24(17,20)4/h6,16,18-20,22-23H,7-13H2,1-5H3/b17-6-/t16-,18-,19+,20-,22+,23-,24-,25-/m1/s1. The average molecular weight is 417 g/mol. The Morgan fingerprint density at radius 1 is 0.933 bits per heavy atom. The molecule has 0 amide bonds. The zero-order valence-electron chi connectivity index (χ0n) is 19.0. The number of ether oxygens (including phenoxy) is 2. The molecule has 0 bridgehead atoms. The van der Waals surface area contributed by atoms with E-state index in [1.807, 2.05) is 6.92 Å². The van der Waals surface area contributed by atoms with Crippen LogP contribution in [0.3, 0.4) is 0 Å². The maximum absolute atomic E-state index is 12.8. The van der Waals surface area contributed by atoms with Gasteiger partial charge in [-0.15, -0.1) is 0 Å². The van der Waals surface area contributed by atoms with Crippen LogP contribution in [0, 0.1) is 34.5 Å². The van der Waals surface area contributed by atoms with E-state index in [0.717, 1.165) is 44.1 Å².